The molecule has 2 amide bonds. The maximum absolute atomic E-state index is 12.7. The Morgan fingerprint density at radius 2 is 1.72 bits per heavy atom. The molecule has 4 rings (SSSR count). The Kier molecular flexibility index (Phi) is 5.18. The van der Waals surface area contributed by atoms with Crippen LogP contribution < -0.4 is 4.74 Å². The van der Waals surface area contributed by atoms with Gasteiger partial charge >= 0.3 is 5.97 Å². The van der Waals surface area contributed by atoms with Crippen molar-refractivity contribution in [3.05, 3.63) is 82.8 Å². The second kappa shape index (κ2) is 7.93. The first kappa shape index (κ1) is 19.0. The van der Waals surface area contributed by atoms with E-state index in [2.05, 4.69) is 0 Å². The minimum absolute atomic E-state index is 0.234. The molecule has 0 aromatic heterocycles. The smallest absolute Gasteiger partial charge is 0.308 e. The average molecular weight is 403 g/mol. The Balaban J connectivity index is 1.51. The summed E-state index contributed by atoms with van der Waals surface area (Å²) in [6, 6.07) is 20.6. The number of carbonyl (C=O) groups is 3. The van der Waals surface area contributed by atoms with Crippen molar-refractivity contribution in [2.45, 2.75) is 13.5 Å². The summed E-state index contributed by atoms with van der Waals surface area (Å²) < 4.78 is 5.00. The molecular formula is C23H17NO4S. The van der Waals surface area contributed by atoms with Crippen molar-refractivity contribution in [2.75, 3.05) is 0 Å². The molecule has 6 heteroatoms. The molecule has 0 unspecified atom stereocenters. The fraction of sp³-hybridized carbons (Fsp3) is 0.0870. The molecule has 0 atom stereocenters. The van der Waals surface area contributed by atoms with E-state index in [9.17, 15) is 14.4 Å². The topological polar surface area (TPSA) is 63.7 Å². The van der Waals surface area contributed by atoms with Gasteiger partial charge in [-0.1, -0.05) is 48.5 Å². The van der Waals surface area contributed by atoms with Gasteiger partial charge in [0.1, 0.15) is 5.75 Å². The number of fused-ring (bicyclic) bond motifs is 1. The number of hydrogen-bond acceptors (Lipinski definition) is 5. The molecule has 29 heavy (non-hydrogen) atoms. The first-order valence-corrected chi connectivity index (χ1v) is 9.83. The van der Waals surface area contributed by atoms with Gasteiger partial charge in [-0.2, -0.15) is 0 Å². The molecule has 0 saturated carbocycles. The van der Waals surface area contributed by atoms with Gasteiger partial charge in [-0.3, -0.25) is 19.3 Å². The van der Waals surface area contributed by atoms with Gasteiger partial charge in [-0.15, -0.1) is 0 Å². The summed E-state index contributed by atoms with van der Waals surface area (Å²) in [7, 11) is 0. The summed E-state index contributed by atoms with van der Waals surface area (Å²) in [4.78, 5) is 37.8. The van der Waals surface area contributed by atoms with Crippen LogP contribution in [-0.2, 0) is 16.1 Å². The fourth-order valence-corrected chi connectivity index (χ4v) is 3.94. The molecule has 0 radical (unpaired) electrons. The molecule has 5 nitrogen and oxygen atoms in total. The van der Waals surface area contributed by atoms with E-state index in [0.29, 0.717) is 10.7 Å². The second-order valence-corrected chi connectivity index (χ2v) is 7.61. The fourth-order valence-electron chi connectivity index (χ4n) is 3.11. The zero-order valence-electron chi connectivity index (χ0n) is 15.6. The summed E-state index contributed by atoms with van der Waals surface area (Å²) in [5.41, 5.74) is 1.65. The van der Waals surface area contributed by atoms with Gasteiger partial charge in [0.25, 0.3) is 11.1 Å². The van der Waals surface area contributed by atoms with Crippen LogP contribution in [-0.4, -0.2) is 22.0 Å². The normalized spacial score (nSPS) is 15.3. The lowest BCUT2D eigenvalue weighted by atomic mass is 10.1. The van der Waals surface area contributed by atoms with E-state index in [1.165, 1.54) is 11.8 Å². The molecule has 1 aliphatic heterocycles. The largest absolute Gasteiger partial charge is 0.427 e. The molecule has 1 aliphatic rings. The van der Waals surface area contributed by atoms with Gasteiger partial charge in [0.05, 0.1) is 11.4 Å². The Bertz CT molecular complexity index is 1150. The monoisotopic (exact) mass is 403 g/mol. The highest BCUT2D eigenvalue weighted by Crippen LogP contribution is 2.33. The minimum atomic E-state index is -0.396. The highest BCUT2D eigenvalue weighted by Gasteiger charge is 2.34. The van der Waals surface area contributed by atoms with Crippen molar-refractivity contribution in [3.63, 3.8) is 0 Å². The molecule has 0 bridgehead atoms. The third-order valence-corrected chi connectivity index (χ3v) is 5.37. The lowest BCUT2D eigenvalue weighted by Crippen LogP contribution is -2.27. The lowest BCUT2D eigenvalue weighted by Gasteiger charge is -2.13. The average Bonchev–Trinajstić information content (AvgIpc) is 2.96. The van der Waals surface area contributed by atoms with Crippen LogP contribution in [0.4, 0.5) is 4.79 Å². The summed E-state index contributed by atoms with van der Waals surface area (Å²) in [5.74, 6) is -0.274. The molecule has 0 N–H and O–H groups in total. The van der Waals surface area contributed by atoms with Crippen molar-refractivity contribution in [3.8, 4) is 5.75 Å². The molecule has 0 spiro atoms. The van der Waals surface area contributed by atoms with Crippen LogP contribution in [0.3, 0.4) is 0 Å². The molecule has 3 aromatic carbocycles. The number of ether oxygens (including phenoxy) is 1. The minimum Gasteiger partial charge on any atom is -0.427 e. The number of amides is 2. The van der Waals surface area contributed by atoms with Gasteiger partial charge in [-0.25, -0.2) is 0 Å². The van der Waals surface area contributed by atoms with Crippen molar-refractivity contribution >= 4 is 45.7 Å². The number of rotatable bonds is 4. The SMILES string of the molecule is CC(=O)Oc1ccc(C=C2SC(=O)N(Cc3ccc4ccccc4c3)C2=O)cc1. The van der Waals surface area contributed by atoms with E-state index in [0.717, 1.165) is 33.7 Å². The van der Waals surface area contributed by atoms with Crippen LogP contribution in [0.5, 0.6) is 5.75 Å². The van der Waals surface area contributed by atoms with Gasteiger partial charge in [0.2, 0.25) is 0 Å². The van der Waals surface area contributed by atoms with Gasteiger partial charge in [0, 0.05) is 6.92 Å². The molecule has 1 heterocycles. The predicted molar refractivity (Wildman–Crippen MR) is 113 cm³/mol. The van der Waals surface area contributed by atoms with E-state index in [-0.39, 0.29) is 17.7 Å². The van der Waals surface area contributed by atoms with Crippen LogP contribution in [0.1, 0.15) is 18.1 Å². The van der Waals surface area contributed by atoms with Crippen LogP contribution in [0.25, 0.3) is 16.8 Å². The van der Waals surface area contributed by atoms with E-state index < -0.39 is 5.97 Å². The maximum Gasteiger partial charge on any atom is 0.308 e. The zero-order valence-corrected chi connectivity index (χ0v) is 16.4. The first-order valence-electron chi connectivity index (χ1n) is 9.01. The summed E-state index contributed by atoms with van der Waals surface area (Å²) >= 11 is 0.928. The third kappa shape index (κ3) is 4.22. The van der Waals surface area contributed by atoms with Crippen LogP contribution in [0.15, 0.2) is 71.6 Å². The number of hydrogen-bond donors (Lipinski definition) is 0. The summed E-state index contributed by atoms with van der Waals surface area (Å²) in [5, 5.41) is 1.90. The second-order valence-electron chi connectivity index (χ2n) is 6.61. The van der Waals surface area contributed by atoms with Crippen LogP contribution in [0.2, 0.25) is 0 Å². The van der Waals surface area contributed by atoms with Crippen molar-refractivity contribution in [2.24, 2.45) is 0 Å². The van der Waals surface area contributed by atoms with E-state index in [1.807, 2.05) is 42.5 Å². The lowest BCUT2D eigenvalue weighted by molar-refractivity contribution is -0.131. The summed E-state index contributed by atoms with van der Waals surface area (Å²) in [6.45, 7) is 1.57. The Labute approximate surface area is 172 Å². The van der Waals surface area contributed by atoms with E-state index in [4.69, 9.17) is 4.74 Å². The molecule has 0 aliphatic carbocycles. The number of carbonyl (C=O) groups excluding carboxylic acids is 3. The third-order valence-electron chi connectivity index (χ3n) is 4.47. The van der Waals surface area contributed by atoms with E-state index in [1.54, 1.807) is 30.3 Å². The highest BCUT2D eigenvalue weighted by molar-refractivity contribution is 8.18. The van der Waals surface area contributed by atoms with Crippen LogP contribution in [0, 0.1) is 0 Å². The highest BCUT2D eigenvalue weighted by atomic mass is 32.2. The number of thioether (sulfide) groups is 1. The first-order chi connectivity index (χ1) is 14.0. The van der Waals surface area contributed by atoms with Crippen molar-refractivity contribution < 1.29 is 19.1 Å². The van der Waals surface area contributed by atoms with Crippen molar-refractivity contribution in [1.82, 2.24) is 4.90 Å². The predicted octanol–water partition coefficient (Wildman–Crippen LogP) is 5.00. The zero-order chi connectivity index (χ0) is 20.4. The van der Waals surface area contributed by atoms with Gasteiger partial charge in [-0.05, 0) is 57.9 Å². The molecule has 144 valence electrons. The standard InChI is InChI=1S/C23H17NO4S/c1-15(25)28-20-10-7-16(8-11-20)13-21-22(26)24(23(27)29-21)14-17-6-9-18-4-2-3-5-19(18)12-17/h2-13H,14H2,1H3. The molecule has 1 fully saturated rings. The van der Waals surface area contributed by atoms with E-state index >= 15 is 0 Å². The molecular weight excluding hydrogens is 386 g/mol. The summed E-state index contributed by atoms with van der Waals surface area (Å²) in [6.07, 6.45) is 1.67. The van der Waals surface area contributed by atoms with Crippen LogP contribution >= 0.6 is 11.8 Å². The molecule has 1 saturated heterocycles. The maximum atomic E-state index is 12.7. The van der Waals surface area contributed by atoms with Crippen molar-refractivity contribution in [1.29, 1.82) is 0 Å². The Morgan fingerprint density at radius 3 is 2.45 bits per heavy atom. The number of benzene rings is 3. The quantitative estimate of drug-likeness (QED) is 0.348. The Morgan fingerprint density at radius 1 is 1.00 bits per heavy atom. The molecule has 3 aromatic rings. The van der Waals surface area contributed by atoms with Gasteiger partial charge in [0.15, 0.2) is 0 Å². The Hall–Kier alpha value is -3.38. The number of esters is 1. The van der Waals surface area contributed by atoms with Gasteiger partial charge < -0.3 is 4.74 Å². The number of imide groups is 1. The number of nitrogens with zero attached hydrogens (tertiary/aromatic N) is 1.